The van der Waals surface area contributed by atoms with Crippen molar-refractivity contribution in [2.75, 3.05) is 0 Å². The number of hydrogen-bond donors (Lipinski definition) is 1. The van der Waals surface area contributed by atoms with Crippen molar-refractivity contribution in [2.45, 2.75) is 64.5 Å². The minimum Gasteiger partial charge on any atom is -0.478 e. The van der Waals surface area contributed by atoms with E-state index < -0.39 is 17.2 Å². The quantitative estimate of drug-likeness (QED) is 0.352. The van der Waals surface area contributed by atoms with E-state index in [2.05, 4.69) is 19.2 Å². The Labute approximate surface area is 211 Å². The topological polar surface area (TPSA) is 38.3 Å². The molecule has 3 aromatic rings. The number of benzene rings is 3. The SMILES string of the molecule is Cc1c(F)cc(OC(C)(C)C(=O)N[C@@H](C)[C@@H](c2ccccc2)C(C)(C)c2ccc(Cl)cc2)cc1F. The molecular weight excluding hydrogens is 468 g/mol. The van der Waals surface area contributed by atoms with Gasteiger partial charge in [0.15, 0.2) is 5.60 Å². The minimum atomic E-state index is -1.37. The Bertz CT molecular complexity index is 1150. The lowest BCUT2D eigenvalue weighted by molar-refractivity contribution is -0.135. The molecule has 0 aliphatic heterocycles. The second-order valence-electron chi connectivity index (χ2n) is 10.0. The van der Waals surface area contributed by atoms with Crippen molar-refractivity contribution in [3.63, 3.8) is 0 Å². The van der Waals surface area contributed by atoms with Crippen molar-refractivity contribution in [1.29, 1.82) is 0 Å². The van der Waals surface area contributed by atoms with Gasteiger partial charge >= 0.3 is 0 Å². The summed E-state index contributed by atoms with van der Waals surface area (Å²) >= 11 is 6.12. The predicted octanol–water partition coefficient (Wildman–Crippen LogP) is 7.35. The molecule has 1 amide bonds. The lowest BCUT2D eigenvalue weighted by atomic mass is 9.67. The van der Waals surface area contributed by atoms with Crippen LogP contribution >= 0.6 is 11.6 Å². The molecule has 3 nitrogen and oxygen atoms in total. The summed E-state index contributed by atoms with van der Waals surface area (Å²) in [6.45, 7) is 10.7. The summed E-state index contributed by atoms with van der Waals surface area (Å²) in [5, 5.41) is 3.75. The third-order valence-corrected chi connectivity index (χ3v) is 6.81. The zero-order chi connectivity index (χ0) is 26.0. The van der Waals surface area contributed by atoms with E-state index in [-0.39, 0.29) is 34.6 Å². The van der Waals surface area contributed by atoms with Crippen LogP contribution in [0.3, 0.4) is 0 Å². The lowest BCUT2D eigenvalue weighted by Crippen LogP contribution is -2.52. The summed E-state index contributed by atoms with van der Waals surface area (Å²) in [7, 11) is 0. The maximum atomic E-state index is 14.0. The van der Waals surface area contributed by atoms with Crippen molar-refractivity contribution in [1.82, 2.24) is 5.32 Å². The fourth-order valence-electron chi connectivity index (χ4n) is 4.54. The highest BCUT2D eigenvalue weighted by Crippen LogP contribution is 2.41. The number of carbonyl (C=O) groups is 1. The van der Waals surface area contributed by atoms with Crippen molar-refractivity contribution in [3.05, 3.63) is 100 Å². The summed E-state index contributed by atoms with van der Waals surface area (Å²) in [4.78, 5) is 13.3. The van der Waals surface area contributed by atoms with Crippen LogP contribution in [0, 0.1) is 18.6 Å². The number of nitrogens with one attached hydrogen (secondary N) is 1. The van der Waals surface area contributed by atoms with Crippen molar-refractivity contribution < 1.29 is 18.3 Å². The van der Waals surface area contributed by atoms with Crippen molar-refractivity contribution in [2.24, 2.45) is 0 Å². The highest BCUT2D eigenvalue weighted by Gasteiger charge is 2.39. The van der Waals surface area contributed by atoms with Gasteiger partial charge in [-0.05, 0) is 56.4 Å². The number of carbonyl (C=O) groups excluding carboxylic acids is 1. The van der Waals surface area contributed by atoms with E-state index in [1.807, 2.05) is 61.5 Å². The standard InChI is InChI=1S/C29H32ClF2NO2/c1-18-24(31)16-23(17-25(18)32)35-29(5,6)27(34)33-19(2)26(20-10-8-7-9-11-20)28(3,4)21-12-14-22(30)15-13-21/h7-17,19,26H,1-6H3,(H,33,34)/t19-,26-/m0/s1. The Kier molecular flexibility index (Phi) is 7.90. The van der Waals surface area contributed by atoms with Gasteiger partial charge in [0, 0.05) is 34.7 Å². The van der Waals surface area contributed by atoms with E-state index in [1.54, 1.807) is 13.8 Å². The Morgan fingerprint density at radius 1 is 0.943 bits per heavy atom. The molecule has 0 saturated heterocycles. The monoisotopic (exact) mass is 499 g/mol. The molecule has 1 N–H and O–H groups in total. The van der Waals surface area contributed by atoms with Gasteiger partial charge in [-0.25, -0.2) is 8.78 Å². The Balaban J connectivity index is 1.88. The first kappa shape index (κ1) is 26.7. The average molecular weight is 500 g/mol. The first-order valence-electron chi connectivity index (χ1n) is 11.6. The number of amides is 1. The molecule has 0 unspecified atom stereocenters. The maximum Gasteiger partial charge on any atom is 0.263 e. The minimum absolute atomic E-state index is 0.0421. The smallest absolute Gasteiger partial charge is 0.263 e. The highest BCUT2D eigenvalue weighted by molar-refractivity contribution is 6.30. The normalized spacial score (nSPS) is 13.7. The molecule has 0 saturated carbocycles. The molecule has 0 radical (unpaired) electrons. The third-order valence-electron chi connectivity index (χ3n) is 6.56. The summed E-state index contributed by atoms with van der Waals surface area (Å²) in [6, 6.07) is 19.6. The second kappa shape index (κ2) is 10.4. The molecule has 0 aliphatic rings. The van der Waals surface area contributed by atoms with Gasteiger partial charge in [0.05, 0.1) is 0 Å². The number of ether oxygens (including phenoxy) is 1. The van der Waals surface area contributed by atoms with Crippen LogP contribution < -0.4 is 10.1 Å². The summed E-state index contributed by atoms with van der Waals surface area (Å²) < 4.78 is 33.8. The molecule has 186 valence electrons. The first-order chi connectivity index (χ1) is 16.3. The Morgan fingerprint density at radius 2 is 1.49 bits per heavy atom. The summed E-state index contributed by atoms with van der Waals surface area (Å²) in [6.07, 6.45) is 0. The van der Waals surface area contributed by atoms with E-state index in [4.69, 9.17) is 16.3 Å². The van der Waals surface area contributed by atoms with E-state index in [0.29, 0.717) is 5.02 Å². The van der Waals surface area contributed by atoms with Gasteiger partial charge in [0.25, 0.3) is 5.91 Å². The molecule has 0 heterocycles. The van der Waals surface area contributed by atoms with Crippen LogP contribution in [0.15, 0.2) is 66.7 Å². The van der Waals surface area contributed by atoms with Gasteiger partial charge in [0.1, 0.15) is 17.4 Å². The van der Waals surface area contributed by atoms with Gasteiger partial charge in [0.2, 0.25) is 0 Å². The Hall–Kier alpha value is -2.92. The lowest BCUT2D eigenvalue weighted by Gasteiger charge is -2.40. The molecule has 0 bridgehead atoms. The molecule has 0 fully saturated rings. The summed E-state index contributed by atoms with van der Waals surface area (Å²) in [5.41, 5.74) is 0.323. The zero-order valence-corrected chi connectivity index (χ0v) is 21.7. The molecular formula is C29H32ClF2NO2. The molecule has 0 aliphatic carbocycles. The fourth-order valence-corrected chi connectivity index (χ4v) is 4.66. The maximum absolute atomic E-state index is 14.0. The largest absolute Gasteiger partial charge is 0.478 e. The van der Waals surface area contributed by atoms with Crippen LogP contribution in [0.2, 0.25) is 5.02 Å². The van der Waals surface area contributed by atoms with Crippen LogP contribution in [0.25, 0.3) is 0 Å². The van der Waals surface area contributed by atoms with E-state index in [0.717, 1.165) is 23.3 Å². The van der Waals surface area contributed by atoms with Crippen molar-refractivity contribution in [3.8, 4) is 5.75 Å². The molecule has 0 spiro atoms. The Morgan fingerprint density at radius 3 is 2.03 bits per heavy atom. The van der Waals surface area contributed by atoms with Gasteiger partial charge in [-0.1, -0.05) is 67.9 Å². The van der Waals surface area contributed by atoms with Crippen LogP contribution in [0.1, 0.15) is 57.2 Å². The second-order valence-corrected chi connectivity index (χ2v) is 10.4. The van der Waals surface area contributed by atoms with Gasteiger partial charge in [-0.3, -0.25) is 4.79 Å². The van der Waals surface area contributed by atoms with Gasteiger partial charge in [-0.15, -0.1) is 0 Å². The predicted molar refractivity (Wildman–Crippen MR) is 137 cm³/mol. The molecule has 0 aromatic heterocycles. The van der Waals surface area contributed by atoms with Crippen LogP contribution in [0.5, 0.6) is 5.75 Å². The average Bonchev–Trinajstić information content (AvgIpc) is 2.78. The van der Waals surface area contributed by atoms with Gasteiger partial charge < -0.3 is 10.1 Å². The molecule has 3 rings (SSSR count). The third kappa shape index (κ3) is 6.02. The van der Waals surface area contributed by atoms with Crippen LogP contribution in [-0.2, 0) is 10.2 Å². The van der Waals surface area contributed by atoms with E-state index in [1.165, 1.54) is 6.92 Å². The zero-order valence-electron chi connectivity index (χ0n) is 21.0. The van der Waals surface area contributed by atoms with E-state index >= 15 is 0 Å². The summed E-state index contributed by atoms with van der Waals surface area (Å²) in [5.74, 6) is -1.98. The molecule has 2 atom stereocenters. The molecule has 6 heteroatoms. The molecule has 3 aromatic carbocycles. The number of rotatable bonds is 8. The fraction of sp³-hybridized carbons (Fsp3) is 0.345. The number of hydrogen-bond acceptors (Lipinski definition) is 2. The molecule has 35 heavy (non-hydrogen) atoms. The van der Waals surface area contributed by atoms with Crippen LogP contribution in [0.4, 0.5) is 8.78 Å². The highest BCUT2D eigenvalue weighted by atomic mass is 35.5. The van der Waals surface area contributed by atoms with Crippen molar-refractivity contribution >= 4 is 17.5 Å². The number of halogens is 3. The van der Waals surface area contributed by atoms with E-state index in [9.17, 15) is 13.6 Å². The van der Waals surface area contributed by atoms with Crippen LogP contribution in [-0.4, -0.2) is 17.6 Å². The first-order valence-corrected chi connectivity index (χ1v) is 12.0. The van der Waals surface area contributed by atoms with Gasteiger partial charge in [-0.2, -0.15) is 0 Å².